The lowest BCUT2D eigenvalue weighted by molar-refractivity contribution is -0.170. The van der Waals surface area contributed by atoms with Crippen molar-refractivity contribution in [3.05, 3.63) is 0 Å². The highest BCUT2D eigenvalue weighted by Gasteiger charge is 2.31. The number of alkyl halides is 1. The fourth-order valence-corrected chi connectivity index (χ4v) is 2.88. The molecule has 0 aliphatic heterocycles. The topological polar surface area (TPSA) is 18.5 Å². The minimum atomic E-state index is -0.00493. The molecule has 2 atom stereocenters. The van der Waals surface area contributed by atoms with Crippen LogP contribution in [0.5, 0.6) is 0 Å². The zero-order valence-corrected chi connectivity index (χ0v) is 10.8. The molecular weight excluding hydrogens is 244 g/mol. The smallest absolute Gasteiger partial charge is 0.161 e. The van der Waals surface area contributed by atoms with E-state index in [1.54, 1.807) is 0 Å². The molecule has 0 heterocycles. The first-order valence-electron chi connectivity index (χ1n) is 5.66. The van der Waals surface area contributed by atoms with E-state index < -0.39 is 0 Å². The Morgan fingerprint density at radius 2 is 1.71 bits per heavy atom. The summed E-state index contributed by atoms with van der Waals surface area (Å²) < 4.78 is 11.3. The van der Waals surface area contributed by atoms with Gasteiger partial charge in [0.05, 0.1) is 0 Å². The molecule has 0 radical (unpaired) electrons. The van der Waals surface area contributed by atoms with Gasteiger partial charge in [-0.1, -0.05) is 28.8 Å². The molecule has 1 aliphatic carbocycles. The van der Waals surface area contributed by atoms with E-state index in [0.29, 0.717) is 10.7 Å². The van der Waals surface area contributed by atoms with Crippen LogP contribution in [0.2, 0.25) is 0 Å². The van der Waals surface area contributed by atoms with Crippen molar-refractivity contribution in [3.8, 4) is 0 Å². The molecule has 0 aromatic heterocycles. The fraction of sp³-hybridized carbons (Fsp3) is 1.00. The molecule has 0 bridgehead atoms. The van der Waals surface area contributed by atoms with Gasteiger partial charge in [0.2, 0.25) is 0 Å². The number of hydrogen-bond donors (Lipinski definition) is 0. The molecule has 84 valence electrons. The Morgan fingerprint density at radius 1 is 1.14 bits per heavy atom. The van der Waals surface area contributed by atoms with Gasteiger partial charge in [-0.15, -0.1) is 0 Å². The lowest BCUT2D eigenvalue weighted by Gasteiger charge is -2.33. The minimum Gasteiger partial charge on any atom is -0.353 e. The van der Waals surface area contributed by atoms with Crippen LogP contribution < -0.4 is 0 Å². The fourth-order valence-electron chi connectivity index (χ4n) is 2.04. The molecule has 2 unspecified atom stereocenters. The Labute approximate surface area is 95.5 Å². The van der Waals surface area contributed by atoms with Crippen LogP contribution in [-0.4, -0.2) is 24.3 Å². The highest BCUT2D eigenvalue weighted by atomic mass is 79.9. The Bertz CT molecular complexity index is 146. The van der Waals surface area contributed by atoms with Crippen molar-refractivity contribution in [3.63, 3.8) is 0 Å². The van der Waals surface area contributed by atoms with Gasteiger partial charge in [0, 0.05) is 24.0 Å². The zero-order chi connectivity index (χ0) is 10.4. The Kier molecular flexibility index (Phi) is 6.06. The van der Waals surface area contributed by atoms with Gasteiger partial charge in [0.25, 0.3) is 0 Å². The molecule has 0 N–H and O–H groups in total. The number of halogens is 1. The maximum Gasteiger partial charge on any atom is 0.161 e. The average Bonchev–Trinajstić information content (AvgIpc) is 2.18. The van der Waals surface area contributed by atoms with E-state index in [-0.39, 0.29) is 6.29 Å². The van der Waals surface area contributed by atoms with E-state index in [9.17, 15) is 0 Å². The predicted octanol–water partition coefficient (Wildman–Crippen LogP) is 3.34. The van der Waals surface area contributed by atoms with Crippen molar-refractivity contribution in [2.24, 2.45) is 5.92 Å². The van der Waals surface area contributed by atoms with Gasteiger partial charge in [-0.25, -0.2) is 0 Å². The van der Waals surface area contributed by atoms with Gasteiger partial charge in [-0.2, -0.15) is 0 Å². The third-order valence-corrected chi connectivity index (χ3v) is 3.88. The van der Waals surface area contributed by atoms with Gasteiger partial charge in [0.1, 0.15) is 0 Å². The second-order valence-electron chi connectivity index (χ2n) is 3.74. The lowest BCUT2D eigenvalue weighted by Crippen LogP contribution is -2.35. The van der Waals surface area contributed by atoms with Crippen LogP contribution in [0.25, 0.3) is 0 Å². The van der Waals surface area contributed by atoms with Crippen LogP contribution in [0.4, 0.5) is 0 Å². The first-order chi connectivity index (χ1) is 6.79. The maximum absolute atomic E-state index is 5.64. The van der Waals surface area contributed by atoms with Gasteiger partial charge < -0.3 is 9.47 Å². The van der Waals surface area contributed by atoms with Crippen molar-refractivity contribution in [1.82, 2.24) is 0 Å². The van der Waals surface area contributed by atoms with Crippen molar-refractivity contribution in [2.75, 3.05) is 13.2 Å². The van der Waals surface area contributed by atoms with Gasteiger partial charge in [-0.3, -0.25) is 0 Å². The molecule has 0 saturated heterocycles. The molecule has 0 amide bonds. The van der Waals surface area contributed by atoms with Gasteiger partial charge in [0.15, 0.2) is 6.29 Å². The van der Waals surface area contributed by atoms with E-state index in [4.69, 9.17) is 9.47 Å². The molecule has 1 saturated carbocycles. The third kappa shape index (κ3) is 3.52. The molecule has 3 heteroatoms. The summed E-state index contributed by atoms with van der Waals surface area (Å²) >= 11 is 3.74. The quantitative estimate of drug-likeness (QED) is 0.560. The van der Waals surface area contributed by atoms with Gasteiger partial charge >= 0.3 is 0 Å². The molecule has 0 spiro atoms. The molecule has 0 aromatic carbocycles. The van der Waals surface area contributed by atoms with E-state index in [2.05, 4.69) is 15.9 Å². The van der Waals surface area contributed by atoms with Crippen LogP contribution in [0.15, 0.2) is 0 Å². The highest BCUT2D eigenvalue weighted by molar-refractivity contribution is 9.09. The average molecular weight is 265 g/mol. The van der Waals surface area contributed by atoms with Crippen LogP contribution in [-0.2, 0) is 9.47 Å². The Balaban J connectivity index is 2.46. The van der Waals surface area contributed by atoms with Crippen molar-refractivity contribution >= 4 is 15.9 Å². The largest absolute Gasteiger partial charge is 0.353 e. The molecule has 1 fully saturated rings. The molecular formula is C11H21BrO2. The monoisotopic (exact) mass is 264 g/mol. The highest BCUT2D eigenvalue weighted by Crippen LogP contribution is 2.33. The zero-order valence-electron chi connectivity index (χ0n) is 9.17. The van der Waals surface area contributed by atoms with Crippen LogP contribution in [0.3, 0.4) is 0 Å². The molecule has 2 nitrogen and oxygen atoms in total. The summed E-state index contributed by atoms with van der Waals surface area (Å²) in [6, 6.07) is 0. The normalized spacial score (nSPS) is 28.3. The second-order valence-corrected chi connectivity index (χ2v) is 4.92. The molecule has 14 heavy (non-hydrogen) atoms. The molecule has 0 aromatic rings. The summed E-state index contributed by atoms with van der Waals surface area (Å²) in [6.07, 6.45) is 5.11. The number of rotatable bonds is 5. The first-order valence-corrected chi connectivity index (χ1v) is 6.58. The Morgan fingerprint density at radius 3 is 2.21 bits per heavy atom. The summed E-state index contributed by atoms with van der Waals surface area (Å²) in [5.41, 5.74) is 0. The Hall–Kier alpha value is 0.400. The standard InChI is InChI=1S/C11H21BrO2/c1-3-13-11(14-4-2)9-7-5-6-8-10(9)12/h9-11H,3-8H2,1-2H3. The van der Waals surface area contributed by atoms with Crippen LogP contribution in [0, 0.1) is 5.92 Å². The van der Waals surface area contributed by atoms with Crippen molar-refractivity contribution in [2.45, 2.75) is 50.6 Å². The van der Waals surface area contributed by atoms with Crippen molar-refractivity contribution < 1.29 is 9.47 Å². The number of hydrogen-bond acceptors (Lipinski definition) is 2. The van der Waals surface area contributed by atoms with E-state index in [1.807, 2.05) is 13.8 Å². The minimum absolute atomic E-state index is 0.00493. The second kappa shape index (κ2) is 6.81. The summed E-state index contributed by atoms with van der Waals surface area (Å²) in [5, 5.41) is 0. The predicted molar refractivity (Wildman–Crippen MR) is 61.7 cm³/mol. The summed E-state index contributed by atoms with van der Waals surface area (Å²) in [4.78, 5) is 0.569. The van der Waals surface area contributed by atoms with Gasteiger partial charge in [-0.05, 0) is 26.7 Å². The first kappa shape index (κ1) is 12.5. The van der Waals surface area contributed by atoms with Crippen LogP contribution in [0.1, 0.15) is 39.5 Å². The summed E-state index contributed by atoms with van der Waals surface area (Å²) in [7, 11) is 0. The third-order valence-electron chi connectivity index (χ3n) is 2.74. The van der Waals surface area contributed by atoms with E-state index in [0.717, 1.165) is 13.2 Å². The molecule has 1 aliphatic rings. The lowest BCUT2D eigenvalue weighted by atomic mass is 9.88. The van der Waals surface area contributed by atoms with Crippen LogP contribution >= 0.6 is 15.9 Å². The summed E-state index contributed by atoms with van der Waals surface area (Å²) in [6.45, 7) is 5.53. The van der Waals surface area contributed by atoms with Crippen molar-refractivity contribution in [1.29, 1.82) is 0 Å². The summed E-state index contributed by atoms with van der Waals surface area (Å²) in [5.74, 6) is 0.531. The number of ether oxygens (including phenoxy) is 2. The van der Waals surface area contributed by atoms with E-state index in [1.165, 1.54) is 25.7 Å². The van der Waals surface area contributed by atoms with E-state index >= 15 is 0 Å². The maximum atomic E-state index is 5.64. The SMILES string of the molecule is CCOC(OCC)C1CCCCC1Br. The molecule has 1 rings (SSSR count).